The molecular formula is C20H42O. The van der Waals surface area contributed by atoms with Gasteiger partial charge in [0.15, 0.2) is 0 Å². The second kappa shape index (κ2) is 16.3. The summed E-state index contributed by atoms with van der Waals surface area (Å²) in [6.45, 7) is 6.74. The second-order valence-electron chi connectivity index (χ2n) is 6.88. The van der Waals surface area contributed by atoms with E-state index in [2.05, 4.69) is 20.8 Å². The van der Waals surface area contributed by atoms with Crippen LogP contribution in [0.15, 0.2) is 0 Å². The maximum Gasteiger partial charge on any atom is 0.0568 e. The molecule has 1 atom stereocenters. The third-order valence-corrected chi connectivity index (χ3v) is 4.72. The van der Waals surface area contributed by atoms with Crippen LogP contribution in [-0.2, 0) is 0 Å². The van der Waals surface area contributed by atoms with Gasteiger partial charge in [-0.25, -0.2) is 0 Å². The Morgan fingerprint density at radius 1 is 0.524 bits per heavy atom. The lowest BCUT2D eigenvalue weighted by Crippen LogP contribution is -2.20. The van der Waals surface area contributed by atoms with Crippen molar-refractivity contribution in [2.24, 2.45) is 5.92 Å². The lowest BCUT2D eigenvalue weighted by molar-refractivity contribution is 0.0852. The van der Waals surface area contributed by atoms with E-state index in [1.807, 2.05) is 0 Å². The van der Waals surface area contributed by atoms with Gasteiger partial charge in [-0.05, 0) is 25.2 Å². The molecule has 0 aromatic rings. The Morgan fingerprint density at radius 3 is 1.38 bits per heavy atom. The van der Waals surface area contributed by atoms with E-state index in [1.165, 1.54) is 89.9 Å². The molecule has 21 heavy (non-hydrogen) atoms. The van der Waals surface area contributed by atoms with Crippen LogP contribution >= 0.6 is 0 Å². The van der Waals surface area contributed by atoms with Gasteiger partial charge in [-0.2, -0.15) is 0 Å². The molecule has 0 saturated carbocycles. The summed E-state index contributed by atoms with van der Waals surface area (Å²) in [5.74, 6) is 0.554. The highest BCUT2D eigenvalue weighted by molar-refractivity contribution is 4.68. The summed E-state index contributed by atoms with van der Waals surface area (Å²) < 4.78 is 0. The van der Waals surface area contributed by atoms with Crippen LogP contribution in [0.25, 0.3) is 0 Å². The maximum atomic E-state index is 10.3. The maximum absolute atomic E-state index is 10.3. The van der Waals surface area contributed by atoms with Gasteiger partial charge in [-0.15, -0.1) is 0 Å². The van der Waals surface area contributed by atoms with Crippen LogP contribution in [0.5, 0.6) is 0 Å². The average molecular weight is 299 g/mol. The molecule has 1 heteroatoms. The van der Waals surface area contributed by atoms with E-state index in [0.717, 1.165) is 6.42 Å². The van der Waals surface area contributed by atoms with Crippen LogP contribution in [0, 0.1) is 5.92 Å². The van der Waals surface area contributed by atoms with Crippen molar-refractivity contribution in [1.29, 1.82) is 0 Å². The van der Waals surface area contributed by atoms with Crippen LogP contribution in [0.2, 0.25) is 0 Å². The van der Waals surface area contributed by atoms with Crippen LogP contribution in [0.3, 0.4) is 0 Å². The van der Waals surface area contributed by atoms with Gasteiger partial charge in [0.2, 0.25) is 0 Å². The molecule has 0 aromatic heterocycles. The topological polar surface area (TPSA) is 20.2 Å². The first-order valence-corrected chi connectivity index (χ1v) is 9.94. The molecule has 1 N–H and O–H groups in total. The van der Waals surface area contributed by atoms with Crippen molar-refractivity contribution >= 4 is 0 Å². The fourth-order valence-corrected chi connectivity index (χ4v) is 3.35. The smallest absolute Gasteiger partial charge is 0.0568 e. The molecule has 0 fully saturated rings. The Labute approximate surface area is 134 Å². The van der Waals surface area contributed by atoms with E-state index in [4.69, 9.17) is 0 Å². The van der Waals surface area contributed by atoms with Gasteiger partial charge in [0.05, 0.1) is 6.10 Å². The number of hydrogen-bond acceptors (Lipinski definition) is 1. The van der Waals surface area contributed by atoms with Crippen molar-refractivity contribution in [1.82, 2.24) is 0 Å². The quantitative estimate of drug-likeness (QED) is 0.308. The third kappa shape index (κ3) is 13.4. The standard InChI is InChI=1S/C20H42O/c1-4-7-8-9-10-11-12-13-14-15-18-20(21)19(16-5-2)17-6-3/h19-21H,4-18H2,1-3H3. The van der Waals surface area contributed by atoms with E-state index in [-0.39, 0.29) is 6.10 Å². The van der Waals surface area contributed by atoms with Gasteiger partial charge in [-0.3, -0.25) is 0 Å². The van der Waals surface area contributed by atoms with Crippen molar-refractivity contribution in [2.75, 3.05) is 0 Å². The first kappa shape index (κ1) is 21.0. The number of rotatable bonds is 16. The van der Waals surface area contributed by atoms with Gasteiger partial charge >= 0.3 is 0 Å². The lowest BCUT2D eigenvalue weighted by Gasteiger charge is -2.22. The highest BCUT2D eigenvalue weighted by Crippen LogP contribution is 2.22. The Balaban J connectivity index is 3.39. The Hall–Kier alpha value is -0.0400. The number of aliphatic hydroxyl groups excluding tert-OH is 1. The monoisotopic (exact) mass is 298 g/mol. The molecular weight excluding hydrogens is 256 g/mol. The van der Waals surface area contributed by atoms with Crippen LogP contribution in [0.1, 0.15) is 117 Å². The SMILES string of the molecule is CCCCCCCCCCCCC(O)C(CCC)CCC. The summed E-state index contributed by atoms with van der Waals surface area (Å²) in [5.41, 5.74) is 0. The Bertz CT molecular complexity index is 184. The minimum atomic E-state index is -0.0426. The molecule has 128 valence electrons. The molecule has 0 heterocycles. The number of hydrogen-bond donors (Lipinski definition) is 1. The summed E-state index contributed by atoms with van der Waals surface area (Å²) >= 11 is 0. The van der Waals surface area contributed by atoms with Crippen molar-refractivity contribution in [2.45, 2.75) is 123 Å². The number of unbranched alkanes of at least 4 members (excludes halogenated alkanes) is 9. The largest absolute Gasteiger partial charge is 0.393 e. The zero-order valence-corrected chi connectivity index (χ0v) is 15.2. The van der Waals surface area contributed by atoms with Gasteiger partial charge in [0.1, 0.15) is 0 Å². The first-order chi connectivity index (χ1) is 10.3. The summed E-state index contributed by atoms with van der Waals surface area (Å²) in [5, 5.41) is 10.3. The molecule has 0 rings (SSSR count). The highest BCUT2D eigenvalue weighted by Gasteiger charge is 2.16. The molecule has 1 unspecified atom stereocenters. The van der Waals surface area contributed by atoms with Gasteiger partial charge in [0.25, 0.3) is 0 Å². The average Bonchev–Trinajstić information content (AvgIpc) is 2.48. The zero-order chi connectivity index (χ0) is 15.8. The summed E-state index contributed by atoms with van der Waals surface area (Å²) in [4.78, 5) is 0. The van der Waals surface area contributed by atoms with Gasteiger partial charge in [0, 0.05) is 0 Å². The predicted octanol–water partition coefficient (Wildman–Crippen LogP) is 6.87. The van der Waals surface area contributed by atoms with E-state index in [9.17, 15) is 5.11 Å². The molecule has 0 aliphatic rings. The third-order valence-electron chi connectivity index (χ3n) is 4.72. The van der Waals surface area contributed by atoms with Crippen molar-refractivity contribution in [3.05, 3.63) is 0 Å². The highest BCUT2D eigenvalue weighted by atomic mass is 16.3. The minimum Gasteiger partial charge on any atom is -0.393 e. The van der Waals surface area contributed by atoms with Crippen molar-refractivity contribution < 1.29 is 5.11 Å². The van der Waals surface area contributed by atoms with Crippen molar-refractivity contribution in [3.63, 3.8) is 0 Å². The van der Waals surface area contributed by atoms with E-state index in [0.29, 0.717) is 5.92 Å². The van der Waals surface area contributed by atoms with E-state index in [1.54, 1.807) is 0 Å². The van der Waals surface area contributed by atoms with Crippen LogP contribution in [0.4, 0.5) is 0 Å². The Kier molecular flexibility index (Phi) is 16.3. The first-order valence-electron chi connectivity index (χ1n) is 9.94. The molecule has 1 nitrogen and oxygen atoms in total. The van der Waals surface area contributed by atoms with Crippen molar-refractivity contribution in [3.8, 4) is 0 Å². The zero-order valence-electron chi connectivity index (χ0n) is 15.2. The fraction of sp³-hybridized carbons (Fsp3) is 1.00. The van der Waals surface area contributed by atoms with Crippen LogP contribution in [-0.4, -0.2) is 11.2 Å². The molecule has 0 aliphatic carbocycles. The molecule has 0 saturated heterocycles. The van der Waals surface area contributed by atoms with Gasteiger partial charge < -0.3 is 5.11 Å². The predicted molar refractivity (Wildman–Crippen MR) is 95.8 cm³/mol. The van der Waals surface area contributed by atoms with Crippen LogP contribution < -0.4 is 0 Å². The summed E-state index contributed by atoms with van der Waals surface area (Å²) in [6, 6.07) is 0. The normalized spacial score (nSPS) is 13.0. The summed E-state index contributed by atoms with van der Waals surface area (Å²) in [6.07, 6.45) is 19.6. The van der Waals surface area contributed by atoms with E-state index < -0.39 is 0 Å². The van der Waals surface area contributed by atoms with E-state index >= 15 is 0 Å². The lowest BCUT2D eigenvalue weighted by atomic mass is 9.89. The minimum absolute atomic E-state index is 0.0426. The molecule has 0 amide bonds. The molecule has 0 aliphatic heterocycles. The second-order valence-corrected chi connectivity index (χ2v) is 6.88. The number of aliphatic hydroxyl groups is 1. The van der Waals surface area contributed by atoms with Gasteiger partial charge in [-0.1, -0.05) is 97.8 Å². The Morgan fingerprint density at radius 2 is 0.952 bits per heavy atom. The molecule has 0 bridgehead atoms. The fourth-order valence-electron chi connectivity index (χ4n) is 3.35. The molecule has 0 aromatic carbocycles. The molecule has 0 radical (unpaired) electrons. The molecule has 0 spiro atoms. The summed E-state index contributed by atoms with van der Waals surface area (Å²) in [7, 11) is 0.